The van der Waals surface area contributed by atoms with Gasteiger partial charge in [-0.15, -0.1) is 0 Å². The van der Waals surface area contributed by atoms with E-state index in [-0.39, 0.29) is 5.92 Å². The maximum atomic E-state index is 13.4. The number of nitrogens with one attached hydrogen (secondary N) is 1. The molecule has 0 spiro atoms. The molecule has 0 aliphatic rings. The molecule has 19 heavy (non-hydrogen) atoms. The summed E-state index contributed by atoms with van der Waals surface area (Å²) < 4.78 is 39.7. The molecular formula is C13H21FN2O2S. The average Bonchev–Trinajstić information content (AvgIpc) is 2.39. The van der Waals surface area contributed by atoms with E-state index in [1.807, 2.05) is 6.92 Å². The van der Waals surface area contributed by atoms with Crippen molar-refractivity contribution in [1.29, 1.82) is 0 Å². The fourth-order valence-electron chi connectivity index (χ4n) is 1.81. The molecule has 0 saturated carbocycles. The van der Waals surface area contributed by atoms with E-state index in [1.54, 1.807) is 0 Å². The van der Waals surface area contributed by atoms with Crippen molar-refractivity contribution in [2.45, 2.75) is 44.6 Å². The van der Waals surface area contributed by atoms with E-state index < -0.39 is 20.9 Å². The minimum Gasteiger partial charge on any atom is -0.241 e. The Bertz CT molecular complexity index is 491. The molecule has 1 atom stereocenters. The highest BCUT2D eigenvalue weighted by molar-refractivity contribution is 7.89. The van der Waals surface area contributed by atoms with Crippen LogP contribution in [-0.2, 0) is 10.0 Å². The number of halogens is 1. The van der Waals surface area contributed by atoms with Gasteiger partial charge in [0.25, 0.3) is 10.0 Å². The molecule has 1 rings (SSSR count). The number of nitrogens with zero attached hydrogens (tertiary/aromatic N) is 1. The Kier molecular flexibility index (Phi) is 6.37. The van der Waals surface area contributed by atoms with Gasteiger partial charge in [0.1, 0.15) is 0 Å². The van der Waals surface area contributed by atoms with Gasteiger partial charge in [-0.2, -0.15) is 0 Å². The summed E-state index contributed by atoms with van der Waals surface area (Å²) in [6.45, 7) is 4.45. The highest BCUT2D eigenvalue weighted by Gasteiger charge is 2.21. The third kappa shape index (κ3) is 4.87. The number of pyridine rings is 1. The molecule has 0 aliphatic heterocycles. The molecule has 6 heteroatoms. The van der Waals surface area contributed by atoms with Gasteiger partial charge in [0.15, 0.2) is 5.82 Å². The zero-order chi connectivity index (χ0) is 14.3. The maximum absolute atomic E-state index is 13.4. The van der Waals surface area contributed by atoms with Gasteiger partial charge in [0.05, 0.1) is 0 Å². The molecule has 4 nitrogen and oxygen atoms in total. The van der Waals surface area contributed by atoms with Crippen molar-refractivity contribution < 1.29 is 12.8 Å². The van der Waals surface area contributed by atoms with Crippen molar-refractivity contribution >= 4 is 10.0 Å². The van der Waals surface area contributed by atoms with E-state index in [1.165, 1.54) is 12.3 Å². The molecule has 1 N–H and O–H groups in total. The minimum absolute atomic E-state index is 0.279. The monoisotopic (exact) mass is 288 g/mol. The highest BCUT2D eigenvalue weighted by Crippen LogP contribution is 2.14. The lowest BCUT2D eigenvalue weighted by molar-refractivity contribution is 0.442. The molecule has 1 unspecified atom stereocenters. The van der Waals surface area contributed by atoms with Crippen LogP contribution in [0.5, 0.6) is 0 Å². The van der Waals surface area contributed by atoms with Gasteiger partial charge in [-0.1, -0.05) is 33.1 Å². The predicted molar refractivity (Wildman–Crippen MR) is 72.7 cm³/mol. The summed E-state index contributed by atoms with van der Waals surface area (Å²) in [6, 6.07) is 2.46. The number of hydrogen-bond donors (Lipinski definition) is 1. The Balaban J connectivity index is 2.67. The third-order valence-corrected chi connectivity index (χ3v) is 4.44. The molecule has 0 amide bonds. The Morgan fingerprint density at radius 1 is 1.42 bits per heavy atom. The van der Waals surface area contributed by atoms with Crippen LogP contribution in [0.4, 0.5) is 4.39 Å². The molecule has 1 aromatic rings. The number of hydrogen-bond acceptors (Lipinski definition) is 3. The van der Waals surface area contributed by atoms with Gasteiger partial charge in [-0.3, -0.25) is 0 Å². The minimum atomic E-state index is -3.86. The summed E-state index contributed by atoms with van der Waals surface area (Å²) in [6.07, 6.45) is 5.29. The molecule has 108 valence electrons. The van der Waals surface area contributed by atoms with Crippen LogP contribution in [0.1, 0.15) is 39.5 Å². The van der Waals surface area contributed by atoms with Crippen molar-refractivity contribution in [3.63, 3.8) is 0 Å². The fraction of sp³-hybridized carbons (Fsp3) is 0.615. The van der Waals surface area contributed by atoms with Crippen molar-refractivity contribution in [2.24, 2.45) is 5.92 Å². The van der Waals surface area contributed by atoms with Crippen LogP contribution in [0.2, 0.25) is 0 Å². The largest absolute Gasteiger partial charge is 0.261 e. The van der Waals surface area contributed by atoms with E-state index in [4.69, 9.17) is 0 Å². The van der Waals surface area contributed by atoms with Crippen LogP contribution in [0.15, 0.2) is 23.4 Å². The van der Waals surface area contributed by atoms with E-state index in [0.29, 0.717) is 6.54 Å². The first-order chi connectivity index (χ1) is 9.01. The SMILES string of the molecule is CCCCC(CC)CNS(=O)(=O)c1ncccc1F. The molecular weight excluding hydrogens is 267 g/mol. The molecule has 0 aliphatic carbocycles. The lowest BCUT2D eigenvalue weighted by Crippen LogP contribution is -2.30. The van der Waals surface area contributed by atoms with E-state index in [9.17, 15) is 12.8 Å². The molecule has 0 radical (unpaired) electrons. The second-order valence-corrected chi connectivity index (χ2v) is 6.24. The van der Waals surface area contributed by atoms with E-state index in [0.717, 1.165) is 31.7 Å². The van der Waals surface area contributed by atoms with Gasteiger partial charge in [0.2, 0.25) is 5.03 Å². The number of rotatable bonds is 8. The normalized spacial score (nSPS) is 13.4. The molecule has 0 bridgehead atoms. The smallest absolute Gasteiger partial charge is 0.241 e. The number of aromatic nitrogens is 1. The zero-order valence-corrected chi connectivity index (χ0v) is 12.2. The van der Waals surface area contributed by atoms with Crippen molar-refractivity contribution in [3.8, 4) is 0 Å². The quantitative estimate of drug-likeness (QED) is 0.800. The lowest BCUT2D eigenvalue weighted by Gasteiger charge is -2.15. The number of unbranched alkanes of at least 4 members (excludes halogenated alkanes) is 1. The van der Waals surface area contributed by atoms with Gasteiger partial charge >= 0.3 is 0 Å². The van der Waals surface area contributed by atoms with Crippen LogP contribution < -0.4 is 4.72 Å². The first-order valence-corrected chi connectivity index (χ1v) is 8.09. The summed E-state index contributed by atoms with van der Waals surface area (Å²) in [7, 11) is -3.86. The van der Waals surface area contributed by atoms with E-state index in [2.05, 4.69) is 16.6 Å². The summed E-state index contributed by atoms with van der Waals surface area (Å²) in [4.78, 5) is 3.59. The summed E-state index contributed by atoms with van der Waals surface area (Å²) in [5.41, 5.74) is 0. The Morgan fingerprint density at radius 3 is 2.74 bits per heavy atom. The molecule has 1 aromatic heterocycles. The third-order valence-electron chi connectivity index (χ3n) is 3.08. The van der Waals surface area contributed by atoms with Crippen LogP contribution in [0.25, 0.3) is 0 Å². The first-order valence-electron chi connectivity index (χ1n) is 6.61. The predicted octanol–water partition coefficient (Wildman–Crippen LogP) is 2.72. The van der Waals surface area contributed by atoms with Gasteiger partial charge < -0.3 is 0 Å². The summed E-state index contributed by atoms with van der Waals surface area (Å²) >= 11 is 0. The van der Waals surface area contributed by atoms with Crippen LogP contribution in [0.3, 0.4) is 0 Å². The van der Waals surface area contributed by atoms with Crippen LogP contribution in [-0.4, -0.2) is 19.9 Å². The Morgan fingerprint density at radius 2 is 2.16 bits per heavy atom. The van der Waals surface area contributed by atoms with Gasteiger partial charge in [-0.25, -0.2) is 22.5 Å². The van der Waals surface area contributed by atoms with Crippen molar-refractivity contribution in [2.75, 3.05) is 6.54 Å². The zero-order valence-electron chi connectivity index (χ0n) is 11.4. The maximum Gasteiger partial charge on any atom is 0.261 e. The fourth-order valence-corrected chi connectivity index (χ4v) is 2.92. The second kappa shape index (κ2) is 7.55. The standard InChI is InChI=1S/C13H21FN2O2S/c1-3-5-7-11(4-2)10-16-19(17,18)13-12(14)8-6-9-15-13/h6,8-9,11,16H,3-5,7,10H2,1-2H3. The topological polar surface area (TPSA) is 59.1 Å². The van der Waals surface area contributed by atoms with Gasteiger partial charge in [-0.05, 0) is 24.5 Å². The molecule has 0 aromatic carbocycles. The van der Waals surface area contributed by atoms with Crippen molar-refractivity contribution in [1.82, 2.24) is 9.71 Å². The number of sulfonamides is 1. The van der Waals surface area contributed by atoms with Gasteiger partial charge in [0, 0.05) is 12.7 Å². The Hall–Kier alpha value is -1.01. The van der Waals surface area contributed by atoms with E-state index >= 15 is 0 Å². The average molecular weight is 288 g/mol. The molecule has 0 fully saturated rings. The van der Waals surface area contributed by atoms with Crippen LogP contribution >= 0.6 is 0 Å². The summed E-state index contributed by atoms with van der Waals surface area (Å²) in [5.74, 6) is -0.543. The summed E-state index contributed by atoms with van der Waals surface area (Å²) in [5, 5.41) is -0.527. The second-order valence-electron chi connectivity index (χ2n) is 4.56. The molecule has 1 heterocycles. The first kappa shape index (κ1) is 16.0. The molecule has 0 saturated heterocycles. The lowest BCUT2D eigenvalue weighted by atomic mass is 10.00. The Labute approximate surface area is 114 Å². The van der Waals surface area contributed by atoms with Crippen LogP contribution in [0, 0.1) is 11.7 Å². The highest BCUT2D eigenvalue weighted by atomic mass is 32.2. The van der Waals surface area contributed by atoms with Crippen molar-refractivity contribution in [3.05, 3.63) is 24.1 Å².